The normalized spacial score (nSPS) is 28.1. The second-order valence-electron chi connectivity index (χ2n) is 5.27. The van der Waals surface area contributed by atoms with Crippen LogP contribution in [0.25, 0.3) is 0 Å². The molecule has 1 aromatic rings. The van der Waals surface area contributed by atoms with Crippen LogP contribution in [0.15, 0.2) is 18.2 Å². The van der Waals surface area contributed by atoms with E-state index in [-0.39, 0.29) is 6.04 Å². The molecule has 4 N–H and O–H groups in total. The Morgan fingerprint density at radius 2 is 1.83 bits per heavy atom. The molecule has 1 unspecified atom stereocenters. The molecule has 1 fully saturated rings. The van der Waals surface area contributed by atoms with Gasteiger partial charge in [-0.2, -0.15) is 0 Å². The first-order chi connectivity index (χ1) is 8.74. The number of hydrogen-bond donors (Lipinski definition) is 2. The van der Waals surface area contributed by atoms with Crippen molar-refractivity contribution in [2.45, 2.75) is 31.3 Å². The van der Waals surface area contributed by atoms with Crippen LogP contribution in [0.4, 0.5) is 0 Å². The van der Waals surface area contributed by atoms with Crippen LogP contribution in [-0.4, -0.2) is 19.3 Å². The van der Waals surface area contributed by atoms with Crippen molar-refractivity contribution in [2.75, 3.05) is 13.2 Å². The maximum Gasteiger partial charge on any atom is 0.161 e. The van der Waals surface area contributed by atoms with Crippen molar-refractivity contribution < 1.29 is 9.47 Å². The molecule has 98 valence electrons. The highest BCUT2D eigenvalue weighted by Crippen LogP contribution is 2.38. The largest absolute Gasteiger partial charge is 0.490 e. The molecule has 18 heavy (non-hydrogen) atoms. The summed E-state index contributed by atoms with van der Waals surface area (Å²) in [6.45, 7) is 1.43. The van der Waals surface area contributed by atoms with Crippen LogP contribution >= 0.6 is 0 Å². The van der Waals surface area contributed by atoms with Crippen molar-refractivity contribution in [3.05, 3.63) is 23.8 Å². The first-order valence-corrected chi connectivity index (χ1v) is 6.65. The summed E-state index contributed by atoms with van der Waals surface area (Å²) < 4.78 is 11.3. The molecule has 2 aliphatic rings. The Kier molecular flexibility index (Phi) is 3.14. The van der Waals surface area contributed by atoms with Gasteiger partial charge in [-0.15, -0.1) is 0 Å². The maximum atomic E-state index is 6.28. The van der Waals surface area contributed by atoms with Gasteiger partial charge in [0.25, 0.3) is 0 Å². The number of rotatable bonds is 2. The molecule has 1 aliphatic carbocycles. The van der Waals surface area contributed by atoms with Gasteiger partial charge >= 0.3 is 0 Å². The average molecular weight is 248 g/mol. The molecule has 1 heterocycles. The number of hydrogen-bond acceptors (Lipinski definition) is 4. The van der Waals surface area contributed by atoms with Gasteiger partial charge in [0.15, 0.2) is 11.5 Å². The van der Waals surface area contributed by atoms with Crippen LogP contribution < -0.4 is 20.9 Å². The van der Waals surface area contributed by atoms with Gasteiger partial charge in [0.1, 0.15) is 0 Å². The molecule has 0 radical (unpaired) electrons. The van der Waals surface area contributed by atoms with E-state index in [1.54, 1.807) is 0 Å². The zero-order valence-corrected chi connectivity index (χ0v) is 10.5. The Morgan fingerprint density at radius 3 is 2.56 bits per heavy atom. The fraction of sp³-hybridized carbons (Fsp3) is 0.571. The van der Waals surface area contributed by atoms with Crippen LogP contribution in [0.2, 0.25) is 0 Å². The minimum absolute atomic E-state index is 0.0574. The molecule has 1 atom stereocenters. The van der Waals surface area contributed by atoms with Crippen LogP contribution in [0.1, 0.15) is 30.9 Å². The molecule has 1 aliphatic heterocycles. The fourth-order valence-corrected chi connectivity index (χ4v) is 2.66. The Balaban J connectivity index is 1.78. The predicted molar refractivity (Wildman–Crippen MR) is 69.7 cm³/mol. The summed E-state index contributed by atoms with van der Waals surface area (Å²) >= 11 is 0. The Morgan fingerprint density at radius 1 is 1.11 bits per heavy atom. The van der Waals surface area contributed by atoms with E-state index in [2.05, 4.69) is 0 Å². The smallest absolute Gasteiger partial charge is 0.161 e. The molecular formula is C14H20N2O2. The lowest BCUT2D eigenvalue weighted by Gasteiger charge is -2.37. The highest BCUT2D eigenvalue weighted by atomic mass is 16.5. The van der Waals surface area contributed by atoms with Crippen LogP contribution in [0.5, 0.6) is 11.5 Å². The quantitative estimate of drug-likeness (QED) is 0.833. The van der Waals surface area contributed by atoms with Gasteiger partial charge in [0.2, 0.25) is 0 Å². The van der Waals surface area contributed by atoms with E-state index in [0.717, 1.165) is 42.9 Å². The van der Waals surface area contributed by atoms with Gasteiger partial charge in [-0.25, -0.2) is 0 Å². The minimum Gasteiger partial charge on any atom is -0.490 e. The van der Waals surface area contributed by atoms with Gasteiger partial charge in [0.05, 0.1) is 13.2 Å². The molecule has 1 aromatic carbocycles. The third kappa shape index (κ3) is 2.18. The van der Waals surface area contributed by atoms with E-state index in [0.29, 0.717) is 18.6 Å². The lowest BCUT2D eigenvalue weighted by atomic mass is 9.74. The lowest BCUT2D eigenvalue weighted by Crippen LogP contribution is -2.41. The summed E-state index contributed by atoms with van der Waals surface area (Å²) in [6.07, 6.45) is 2.97. The number of fused-ring (bicyclic) bond motifs is 1. The molecule has 0 aromatic heterocycles. The first-order valence-electron chi connectivity index (χ1n) is 6.65. The molecule has 4 heteroatoms. The van der Waals surface area contributed by atoms with E-state index in [1.165, 1.54) is 0 Å². The summed E-state index contributed by atoms with van der Waals surface area (Å²) in [5.74, 6) is 2.16. The van der Waals surface area contributed by atoms with Gasteiger partial charge in [-0.3, -0.25) is 0 Å². The van der Waals surface area contributed by atoms with Crippen molar-refractivity contribution in [1.29, 1.82) is 0 Å². The summed E-state index contributed by atoms with van der Waals surface area (Å²) in [6, 6.07) is 6.43. The molecule has 0 spiro atoms. The zero-order valence-electron chi connectivity index (χ0n) is 10.5. The average Bonchev–Trinajstić information content (AvgIpc) is 2.58. The molecular weight excluding hydrogens is 228 g/mol. The zero-order chi connectivity index (χ0) is 12.5. The summed E-state index contributed by atoms with van der Waals surface area (Å²) in [7, 11) is 0. The number of nitrogens with two attached hydrogens (primary N) is 2. The van der Waals surface area contributed by atoms with E-state index in [1.807, 2.05) is 18.2 Å². The number of benzene rings is 1. The second-order valence-corrected chi connectivity index (χ2v) is 5.27. The predicted octanol–water partition coefficient (Wildman–Crippen LogP) is 1.58. The Bertz CT molecular complexity index is 430. The van der Waals surface area contributed by atoms with Crippen molar-refractivity contribution in [3.8, 4) is 11.5 Å². The Hall–Kier alpha value is -1.26. The monoisotopic (exact) mass is 248 g/mol. The molecule has 1 saturated carbocycles. The molecule has 3 rings (SSSR count). The minimum atomic E-state index is 0.0574. The van der Waals surface area contributed by atoms with Gasteiger partial charge < -0.3 is 20.9 Å². The first kappa shape index (κ1) is 11.8. The molecule has 0 amide bonds. The van der Waals surface area contributed by atoms with Gasteiger partial charge in [-0.05, 0) is 36.5 Å². The number of ether oxygens (including phenoxy) is 2. The van der Waals surface area contributed by atoms with E-state index in [4.69, 9.17) is 20.9 Å². The highest BCUT2D eigenvalue weighted by molar-refractivity contribution is 5.44. The van der Waals surface area contributed by atoms with Gasteiger partial charge in [-0.1, -0.05) is 6.07 Å². The maximum absolute atomic E-state index is 6.28. The SMILES string of the molecule is NC1CC(C(N)c2ccc3c(c2)OCCCO3)C1. The van der Waals surface area contributed by atoms with Crippen molar-refractivity contribution in [1.82, 2.24) is 0 Å². The third-order valence-electron chi connectivity index (χ3n) is 3.88. The Labute approximate surface area is 107 Å². The van der Waals surface area contributed by atoms with E-state index < -0.39 is 0 Å². The summed E-state index contributed by atoms with van der Waals surface area (Å²) in [5, 5.41) is 0. The second kappa shape index (κ2) is 4.78. The summed E-state index contributed by atoms with van der Waals surface area (Å²) in [4.78, 5) is 0. The van der Waals surface area contributed by atoms with Crippen molar-refractivity contribution in [2.24, 2.45) is 17.4 Å². The molecule has 0 saturated heterocycles. The van der Waals surface area contributed by atoms with Crippen molar-refractivity contribution >= 4 is 0 Å². The lowest BCUT2D eigenvalue weighted by molar-refractivity contribution is 0.223. The van der Waals surface area contributed by atoms with Crippen LogP contribution in [0, 0.1) is 5.92 Å². The molecule has 4 nitrogen and oxygen atoms in total. The molecule has 0 bridgehead atoms. The third-order valence-corrected chi connectivity index (χ3v) is 3.88. The van der Waals surface area contributed by atoms with E-state index in [9.17, 15) is 0 Å². The standard InChI is InChI=1S/C14H20N2O2/c15-11-6-10(7-11)14(16)9-2-3-12-13(8-9)18-5-1-4-17-12/h2-3,8,10-11,14H,1,4-7,15-16H2. The fourth-order valence-electron chi connectivity index (χ4n) is 2.66. The van der Waals surface area contributed by atoms with Crippen LogP contribution in [-0.2, 0) is 0 Å². The highest BCUT2D eigenvalue weighted by Gasteiger charge is 2.32. The summed E-state index contributed by atoms with van der Waals surface area (Å²) in [5.41, 5.74) is 13.2. The van der Waals surface area contributed by atoms with Crippen molar-refractivity contribution in [3.63, 3.8) is 0 Å². The van der Waals surface area contributed by atoms with Gasteiger partial charge in [0, 0.05) is 18.5 Å². The topological polar surface area (TPSA) is 70.5 Å². The van der Waals surface area contributed by atoms with Crippen LogP contribution in [0.3, 0.4) is 0 Å². The van der Waals surface area contributed by atoms with E-state index >= 15 is 0 Å².